The van der Waals surface area contributed by atoms with E-state index in [1.807, 2.05) is 4.68 Å². The highest BCUT2D eigenvalue weighted by molar-refractivity contribution is 5.67. The van der Waals surface area contributed by atoms with Crippen molar-refractivity contribution in [1.29, 1.82) is 0 Å². The van der Waals surface area contributed by atoms with E-state index in [1.54, 1.807) is 0 Å². The summed E-state index contributed by atoms with van der Waals surface area (Å²) in [5.74, 6) is 0.431. The van der Waals surface area contributed by atoms with Crippen LogP contribution in [0.4, 0.5) is 0 Å². The smallest absolute Gasteiger partial charge is 0.303 e. The number of rotatable bonds is 7. The molecule has 0 spiro atoms. The Bertz CT molecular complexity index is 434. The molecule has 0 bridgehead atoms. The van der Waals surface area contributed by atoms with Crippen LogP contribution in [0.2, 0.25) is 0 Å². The van der Waals surface area contributed by atoms with E-state index in [-0.39, 0.29) is 12.3 Å². The molecule has 112 valence electrons. The van der Waals surface area contributed by atoms with Gasteiger partial charge in [-0.1, -0.05) is 13.3 Å². The maximum atomic E-state index is 10.8. The molecule has 1 fully saturated rings. The van der Waals surface area contributed by atoms with E-state index in [1.165, 1.54) is 0 Å². The average Bonchev–Trinajstić information content (AvgIpc) is 2.83. The van der Waals surface area contributed by atoms with Gasteiger partial charge in [-0.15, -0.1) is 5.10 Å². The molecule has 0 saturated carbocycles. The first kappa shape index (κ1) is 14.9. The molecular formula is C13H23N5O2. The third-order valence-corrected chi connectivity index (χ3v) is 3.76. The number of carboxylic acids is 1. The van der Waals surface area contributed by atoms with E-state index in [4.69, 9.17) is 5.11 Å². The summed E-state index contributed by atoms with van der Waals surface area (Å²) in [7, 11) is 0. The first-order valence-corrected chi connectivity index (χ1v) is 7.38. The second-order valence-corrected chi connectivity index (χ2v) is 5.51. The monoisotopic (exact) mass is 281 g/mol. The fourth-order valence-corrected chi connectivity index (χ4v) is 2.73. The van der Waals surface area contributed by atoms with Crippen molar-refractivity contribution >= 4 is 5.97 Å². The normalized spacial score (nSPS) is 20.1. The Morgan fingerprint density at radius 3 is 3.10 bits per heavy atom. The van der Waals surface area contributed by atoms with E-state index in [0.29, 0.717) is 6.54 Å². The number of aromatic nitrogens is 4. The Morgan fingerprint density at radius 2 is 2.35 bits per heavy atom. The van der Waals surface area contributed by atoms with E-state index < -0.39 is 5.97 Å². The number of carboxylic acid groups (broad SMARTS) is 1. The van der Waals surface area contributed by atoms with Gasteiger partial charge >= 0.3 is 5.97 Å². The van der Waals surface area contributed by atoms with Crippen molar-refractivity contribution in [3.63, 3.8) is 0 Å². The molecule has 7 heteroatoms. The number of carbonyl (C=O) groups is 1. The van der Waals surface area contributed by atoms with Gasteiger partial charge in [0.15, 0.2) is 5.82 Å². The Balaban J connectivity index is 1.89. The highest BCUT2D eigenvalue weighted by Gasteiger charge is 2.23. The Kier molecular flexibility index (Phi) is 5.46. The maximum Gasteiger partial charge on any atom is 0.303 e. The maximum absolute atomic E-state index is 10.8. The molecule has 1 N–H and O–H groups in total. The number of piperidine rings is 1. The van der Waals surface area contributed by atoms with Crippen LogP contribution in [0.5, 0.6) is 0 Å². The Labute approximate surface area is 119 Å². The van der Waals surface area contributed by atoms with Crippen molar-refractivity contribution in [1.82, 2.24) is 25.1 Å². The number of tetrazole rings is 1. The van der Waals surface area contributed by atoms with Crippen LogP contribution in [0.25, 0.3) is 0 Å². The van der Waals surface area contributed by atoms with Gasteiger partial charge in [0.1, 0.15) is 0 Å². The minimum Gasteiger partial charge on any atom is -0.481 e. The minimum absolute atomic E-state index is 0.251. The quantitative estimate of drug-likeness (QED) is 0.807. The van der Waals surface area contributed by atoms with Gasteiger partial charge < -0.3 is 5.11 Å². The topological polar surface area (TPSA) is 84.1 Å². The van der Waals surface area contributed by atoms with Crippen molar-refractivity contribution in [3.05, 3.63) is 5.82 Å². The zero-order valence-corrected chi connectivity index (χ0v) is 12.0. The molecule has 1 atom stereocenters. The van der Waals surface area contributed by atoms with Crippen LogP contribution in [-0.2, 0) is 17.9 Å². The number of aliphatic carboxylic acids is 1. The van der Waals surface area contributed by atoms with Crippen LogP contribution < -0.4 is 0 Å². The number of likely N-dealkylation sites (tertiary alicyclic amines) is 1. The number of nitrogens with zero attached hydrogens (tertiary/aromatic N) is 5. The molecule has 1 aliphatic rings. The lowest BCUT2D eigenvalue weighted by Gasteiger charge is -2.31. The summed E-state index contributed by atoms with van der Waals surface area (Å²) in [6.07, 6.45) is 4.50. The summed E-state index contributed by atoms with van der Waals surface area (Å²) in [6, 6.07) is 0. The summed E-state index contributed by atoms with van der Waals surface area (Å²) in [5, 5.41) is 20.8. The van der Waals surface area contributed by atoms with Crippen LogP contribution in [-0.4, -0.2) is 49.3 Å². The molecule has 1 unspecified atom stereocenters. The molecule has 0 amide bonds. The van der Waals surface area contributed by atoms with Crippen LogP contribution in [0.15, 0.2) is 0 Å². The lowest BCUT2D eigenvalue weighted by molar-refractivity contribution is -0.138. The molecule has 2 rings (SSSR count). The Hall–Kier alpha value is -1.50. The number of hydrogen-bond acceptors (Lipinski definition) is 5. The predicted octanol–water partition coefficient (Wildman–Crippen LogP) is 1.16. The minimum atomic E-state index is -0.704. The fraction of sp³-hybridized carbons (Fsp3) is 0.846. The van der Waals surface area contributed by atoms with Gasteiger partial charge in [-0.2, -0.15) is 0 Å². The van der Waals surface area contributed by atoms with Crippen molar-refractivity contribution in [2.24, 2.45) is 5.92 Å². The highest BCUT2D eigenvalue weighted by atomic mass is 16.4. The molecule has 0 radical (unpaired) electrons. The van der Waals surface area contributed by atoms with E-state index in [0.717, 1.165) is 51.1 Å². The van der Waals surface area contributed by atoms with Crippen molar-refractivity contribution in [3.8, 4) is 0 Å². The van der Waals surface area contributed by atoms with Crippen LogP contribution in [0, 0.1) is 5.92 Å². The molecule has 2 heterocycles. The van der Waals surface area contributed by atoms with Crippen LogP contribution in [0.3, 0.4) is 0 Å². The van der Waals surface area contributed by atoms with Gasteiger partial charge in [-0.25, -0.2) is 4.68 Å². The summed E-state index contributed by atoms with van der Waals surface area (Å²) in [4.78, 5) is 13.1. The largest absolute Gasteiger partial charge is 0.481 e. The van der Waals surface area contributed by atoms with Gasteiger partial charge in [0.05, 0.1) is 6.54 Å². The van der Waals surface area contributed by atoms with E-state index in [9.17, 15) is 4.79 Å². The average molecular weight is 281 g/mol. The molecule has 20 heavy (non-hydrogen) atoms. The summed E-state index contributed by atoms with van der Waals surface area (Å²) < 4.78 is 1.87. The van der Waals surface area contributed by atoms with Gasteiger partial charge in [-0.3, -0.25) is 9.69 Å². The summed E-state index contributed by atoms with van der Waals surface area (Å²) >= 11 is 0. The second-order valence-electron chi connectivity index (χ2n) is 5.51. The molecular weight excluding hydrogens is 258 g/mol. The highest BCUT2D eigenvalue weighted by Crippen LogP contribution is 2.20. The molecule has 1 aromatic heterocycles. The first-order chi connectivity index (χ1) is 9.69. The zero-order valence-electron chi connectivity index (χ0n) is 12.0. The van der Waals surface area contributed by atoms with Crippen molar-refractivity contribution < 1.29 is 9.90 Å². The zero-order chi connectivity index (χ0) is 14.4. The van der Waals surface area contributed by atoms with Gasteiger partial charge in [0.25, 0.3) is 0 Å². The lowest BCUT2D eigenvalue weighted by atomic mass is 9.95. The van der Waals surface area contributed by atoms with Crippen molar-refractivity contribution in [2.45, 2.75) is 52.1 Å². The van der Waals surface area contributed by atoms with Gasteiger partial charge in [-0.05, 0) is 42.2 Å². The number of aryl methyl sites for hydroxylation is 1. The summed E-state index contributed by atoms with van der Waals surface area (Å²) in [6.45, 7) is 5.53. The third-order valence-electron chi connectivity index (χ3n) is 3.76. The molecule has 0 aromatic carbocycles. The number of unbranched alkanes of at least 4 members (excludes halogenated alkanes) is 1. The van der Waals surface area contributed by atoms with E-state index >= 15 is 0 Å². The molecule has 7 nitrogen and oxygen atoms in total. The molecule has 1 saturated heterocycles. The SMILES string of the molecule is CCCCn1nnnc1CN1CCCC(CC(=O)O)C1. The predicted molar refractivity (Wildman–Crippen MR) is 73.0 cm³/mol. The molecule has 1 aliphatic heterocycles. The molecule has 0 aliphatic carbocycles. The Morgan fingerprint density at radius 1 is 1.50 bits per heavy atom. The lowest BCUT2D eigenvalue weighted by Crippen LogP contribution is -2.36. The van der Waals surface area contributed by atoms with Crippen molar-refractivity contribution in [2.75, 3.05) is 13.1 Å². The standard InChI is InChI=1S/C13H23N5O2/c1-2-3-7-18-12(14-15-16-18)10-17-6-4-5-11(9-17)8-13(19)20/h11H,2-10H2,1H3,(H,19,20). The summed E-state index contributed by atoms with van der Waals surface area (Å²) in [5.41, 5.74) is 0. The van der Waals surface area contributed by atoms with Crippen LogP contribution >= 0.6 is 0 Å². The van der Waals surface area contributed by atoms with Gasteiger partial charge in [0.2, 0.25) is 0 Å². The number of hydrogen-bond donors (Lipinski definition) is 1. The van der Waals surface area contributed by atoms with Crippen LogP contribution in [0.1, 0.15) is 44.9 Å². The fourth-order valence-electron chi connectivity index (χ4n) is 2.73. The third kappa shape index (κ3) is 4.26. The molecule has 1 aromatic rings. The van der Waals surface area contributed by atoms with Gasteiger partial charge in [0, 0.05) is 19.5 Å². The second kappa shape index (κ2) is 7.33. The first-order valence-electron chi connectivity index (χ1n) is 7.38. The van der Waals surface area contributed by atoms with E-state index in [2.05, 4.69) is 27.3 Å².